The van der Waals surface area contributed by atoms with Crippen LogP contribution in [0.4, 0.5) is 0 Å². The number of rotatable bonds is 7. The average Bonchev–Trinajstić information content (AvgIpc) is 2.77. The minimum absolute atomic E-state index is 0.193. The standard InChI is InChI=1S/C23H20N2O3/c1-27-20-15-9-14-19(23(20)28-2)16-24-25-21(17-10-5-3-6-11-17)22(26)18-12-7-4-8-13-18/h3-16H,1-2H3/b24-16-,25-21-. The second-order valence-corrected chi connectivity index (χ2v) is 5.84. The summed E-state index contributed by atoms with van der Waals surface area (Å²) in [6, 6.07) is 23.8. The summed E-state index contributed by atoms with van der Waals surface area (Å²) in [5, 5.41) is 8.39. The minimum Gasteiger partial charge on any atom is -0.493 e. The Morgan fingerprint density at radius 1 is 0.786 bits per heavy atom. The van der Waals surface area contributed by atoms with Gasteiger partial charge in [-0.1, -0.05) is 66.7 Å². The molecule has 0 aromatic heterocycles. The Hall–Kier alpha value is -3.73. The van der Waals surface area contributed by atoms with Crippen molar-refractivity contribution in [3.63, 3.8) is 0 Å². The summed E-state index contributed by atoms with van der Waals surface area (Å²) >= 11 is 0. The molecule has 3 rings (SSSR count). The number of carbonyl (C=O) groups excluding carboxylic acids is 1. The van der Waals surface area contributed by atoms with Gasteiger partial charge < -0.3 is 9.47 Å². The first-order chi connectivity index (χ1) is 13.7. The third-order valence-corrected chi connectivity index (χ3v) is 4.09. The highest BCUT2D eigenvalue weighted by Crippen LogP contribution is 2.29. The van der Waals surface area contributed by atoms with Gasteiger partial charge in [-0.05, 0) is 12.1 Å². The van der Waals surface area contributed by atoms with Crippen LogP contribution in [0.5, 0.6) is 11.5 Å². The summed E-state index contributed by atoms with van der Waals surface area (Å²) in [6.07, 6.45) is 1.54. The van der Waals surface area contributed by atoms with E-state index in [1.165, 1.54) is 0 Å². The third kappa shape index (κ3) is 4.32. The third-order valence-electron chi connectivity index (χ3n) is 4.09. The molecule has 0 aliphatic rings. The maximum atomic E-state index is 13.0. The molecule has 0 fully saturated rings. The molecule has 5 heteroatoms. The van der Waals surface area contributed by atoms with E-state index >= 15 is 0 Å². The van der Waals surface area contributed by atoms with Gasteiger partial charge in [0.15, 0.2) is 11.5 Å². The van der Waals surface area contributed by atoms with Gasteiger partial charge in [0.2, 0.25) is 5.78 Å². The van der Waals surface area contributed by atoms with Crippen molar-refractivity contribution in [3.8, 4) is 11.5 Å². The number of methoxy groups -OCH3 is 2. The van der Waals surface area contributed by atoms with Gasteiger partial charge in [0.05, 0.1) is 20.4 Å². The molecule has 0 saturated carbocycles. The zero-order chi connectivity index (χ0) is 19.8. The van der Waals surface area contributed by atoms with Gasteiger partial charge in [0.1, 0.15) is 5.71 Å². The van der Waals surface area contributed by atoms with Crippen molar-refractivity contribution in [1.82, 2.24) is 0 Å². The number of Topliss-reactive ketones (excluding diaryl/α,β-unsaturated/α-hetero) is 1. The van der Waals surface area contributed by atoms with E-state index in [4.69, 9.17) is 9.47 Å². The molecule has 0 atom stereocenters. The summed E-state index contributed by atoms with van der Waals surface area (Å²) in [5.74, 6) is 0.959. The molecule has 0 amide bonds. The molecule has 0 aliphatic heterocycles. The molecule has 0 bridgehead atoms. The lowest BCUT2D eigenvalue weighted by molar-refractivity contribution is 0.106. The molecule has 5 nitrogen and oxygen atoms in total. The number of nitrogens with zero attached hydrogens (tertiary/aromatic N) is 2. The zero-order valence-electron chi connectivity index (χ0n) is 15.7. The molecular formula is C23H20N2O3. The molecule has 140 valence electrons. The van der Waals surface area contributed by atoms with Crippen LogP contribution >= 0.6 is 0 Å². The Balaban J connectivity index is 1.99. The number of ether oxygens (including phenoxy) is 2. The van der Waals surface area contributed by atoms with Crippen molar-refractivity contribution in [3.05, 3.63) is 95.6 Å². The van der Waals surface area contributed by atoms with Gasteiger partial charge in [-0.25, -0.2) is 0 Å². The zero-order valence-corrected chi connectivity index (χ0v) is 15.7. The van der Waals surface area contributed by atoms with Crippen molar-refractivity contribution in [1.29, 1.82) is 0 Å². The van der Waals surface area contributed by atoms with Crippen molar-refractivity contribution in [2.24, 2.45) is 10.2 Å². The van der Waals surface area contributed by atoms with Gasteiger partial charge >= 0.3 is 0 Å². The lowest BCUT2D eigenvalue weighted by Crippen LogP contribution is -2.15. The fourth-order valence-corrected chi connectivity index (χ4v) is 2.72. The molecule has 0 spiro atoms. The predicted molar refractivity (Wildman–Crippen MR) is 111 cm³/mol. The van der Waals surface area contributed by atoms with Crippen LogP contribution in [-0.4, -0.2) is 31.9 Å². The summed E-state index contributed by atoms with van der Waals surface area (Å²) in [4.78, 5) is 13.0. The van der Waals surface area contributed by atoms with Crippen LogP contribution < -0.4 is 9.47 Å². The van der Waals surface area contributed by atoms with Crippen LogP contribution in [0, 0.1) is 0 Å². The molecule has 0 saturated heterocycles. The highest BCUT2D eigenvalue weighted by Gasteiger charge is 2.16. The highest BCUT2D eigenvalue weighted by atomic mass is 16.5. The molecule has 0 N–H and O–H groups in total. The van der Waals surface area contributed by atoms with Gasteiger partial charge in [-0.15, -0.1) is 5.10 Å². The van der Waals surface area contributed by atoms with Crippen LogP contribution in [0.15, 0.2) is 89.1 Å². The number of ketones is 1. The largest absolute Gasteiger partial charge is 0.493 e. The lowest BCUT2D eigenvalue weighted by atomic mass is 10.0. The Morgan fingerprint density at radius 3 is 2.04 bits per heavy atom. The van der Waals surface area contributed by atoms with Crippen molar-refractivity contribution < 1.29 is 14.3 Å². The molecule has 3 aromatic rings. The first-order valence-electron chi connectivity index (χ1n) is 8.71. The van der Waals surface area contributed by atoms with Crippen LogP contribution in [0.2, 0.25) is 0 Å². The van der Waals surface area contributed by atoms with Crippen LogP contribution in [-0.2, 0) is 0 Å². The fourth-order valence-electron chi connectivity index (χ4n) is 2.72. The van der Waals surface area contributed by atoms with E-state index in [1.807, 2.05) is 60.7 Å². The normalized spacial score (nSPS) is 11.4. The van der Waals surface area contributed by atoms with E-state index in [0.717, 1.165) is 0 Å². The fraction of sp³-hybridized carbons (Fsp3) is 0.0870. The summed E-state index contributed by atoms with van der Waals surface area (Å²) in [5.41, 5.74) is 2.22. The molecule has 0 radical (unpaired) electrons. The second kappa shape index (κ2) is 9.28. The Labute approximate surface area is 164 Å². The topological polar surface area (TPSA) is 60.2 Å². The molecular weight excluding hydrogens is 352 g/mol. The van der Waals surface area contributed by atoms with Crippen LogP contribution in [0.1, 0.15) is 21.5 Å². The number of hydrogen-bond donors (Lipinski definition) is 0. The molecule has 0 unspecified atom stereocenters. The Kier molecular flexibility index (Phi) is 6.31. The van der Waals surface area contributed by atoms with Gasteiger partial charge in [-0.3, -0.25) is 4.79 Å². The number of benzene rings is 3. The number of carbonyl (C=O) groups is 1. The van der Waals surface area contributed by atoms with Crippen molar-refractivity contribution in [2.75, 3.05) is 14.2 Å². The van der Waals surface area contributed by atoms with Crippen molar-refractivity contribution >= 4 is 17.7 Å². The van der Waals surface area contributed by atoms with E-state index in [0.29, 0.717) is 28.2 Å². The first-order valence-corrected chi connectivity index (χ1v) is 8.71. The summed E-state index contributed by atoms with van der Waals surface area (Å²) in [7, 11) is 3.13. The van der Waals surface area contributed by atoms with Crippen LogP contribution in [0.3, 0.4) is 0 Å². The molecule has 28 heavy (non-hydrogen) atoms. The van der Waals surface area contributed by atoms with E-state index in [9.17, 15) is 4.79 Å². The monoisotopic (exact) mass is 372 g/mol. The van der Waals surface area contributed by atoms with Crippen LogP contribution in [0.25, 0.3) is 0 Å². The molecule has 0 heterocycles. The minimum atomic E-state index is -0.193. The van der Waals surface area contributed by atoms with E-state index < -0.39 is 0 Å². The first kappa shape index (κ1) is 19.0. The molecule has 3 aromatic carbocycles. The maximum Gasteiger partial charge on any atom is 0.213 e. The van der Waals surface area contributed by atoms with E-state index in [1.54, 1.807) is 38.6 Å². The Morgan fingerprint density at radius 2 is 1.43 bits per heavy atom. The summed E-state index contributed by atoms with van der Waals surface area (Å²) in [6.45, 7) is 0. The smallest absolute Gasteiger partial charge is 0.213 e. The highest BCUT2D eigenvalue weighted by molar-refractivity contribution is 6.51. The van der Waals surface area contributed by atoms with Crippen molar-refractivity contribution in [2.45, 2.75) is 0 Å². The van der Waals surface area contributed by atoms with E-state index in [2.05, 4.69) is 10.2 Å². The second-order valence-electron chi connectivity index (χ2n) is 5.84. The van der Waals surface area contributed by atoms with Gasteiger partial charge in [0, 0.05) is 16.7 Å². The van der Waals surface area contributed by atoms with E-state index in [-0.39, 0.29) is 11.5 Å². The Bertz CT molecular complexity index is 997. The summed E-state index contributed by atoms with van der Waals surface area (Å²) < 4.78 is 10.7. The molecule has 0 aliphatic carbocycles. The number of hydrogen-bond acceptors (Lipinski definition) is 5. The van der Waals surface area contributed by atoms with Gasteiger partial charge in [-0.2, -0.15) is 5.10 Å². The average molecular weight is 372 g/mol. The maximum absolute atomic E-state index is 13.0. The van der Waals surface area contributed by atoms with Gasteiger partial charge in [0.25, 0.3) is 0 Å². The number of para-hydroxylation sites is 1. The lowest BCUT2D eigenvalue weighted by Gasteiger charge is -2.09. The predicted octanol–water partition coefficient (Wildman–Crippen LogP) is 4.41. The SMILES string of the molecule is COc1cccc(/C=N\N=C(/C(=O)c2ccccc2)c2ccccc2)c1OC. The quantitative estimate of drug-likeness (QED) is 0.351.